The van der Waals surface area contributed by atoms with Crippen molar-refractivity contribution >= 4 is 12.2 Å². The summed E-state index contributed by atoms with van der Waals surface area (Å²) in [4.78, 5) is 23.1. The number of benzene rings is 2. The van der Waals surface area contributed by atoms with Crippen LogP contribution >= 0.6 is 0 Å². The van der Waals surface area contributed by atoms with Gasteiger partial charge < -0.3 is 20.3 Å². The molecule has 10 heteroatoms. The van der Waals surface area contributed by atoms with Crippen molar-refractivity contribution < 1.29 is 33.3 Å². The average molecular weight is 437 g/mol. The van der Waals surface area contributed by atoms with Gasteiger partial charge in [0.25, 0.3) is 0 Å². The number of carboxylic acid groups (broad SMARTS) is 1. The number of hydrogen-bond acceptors (Lipinski definition) is 5. The number of alkyl carbamates (subject to hydrolysis) is 1. The predicted molar refractivity (Wildman–Crippen MR) is 108 cm³/mol. The standard InChI is InChI=1S/C21H25F2N3O5/c1-2-26(25-20(28)29)12-19(27)18(10-15-8-16(22)11-17(23)9-15)24-21(30)31-13-14-6-4-3-5-7-14/h3-9,11,18-19,25,27H,2,10,12-13H2,1H3,(H,24,30)(H,28,29)/t18-,19-/m0/s1. The number of nitrogens with zero attached hydrogens (tertiary/aromatic N) is 1. The van der Waals surface area contributed by atoms with Gasteiger partial charge in [-0.05, 0) is 29.7 Å². The number of aliphatic hydroxyl groups is 1. The van der Waals surface area contributed by atoms with Gasteiger partial charge in [-0.1, -0.05) is 37.3 Å². The number of nitrogens with one attached hydrogen (secondary N) is 2. The second-order valence-electron chi connectivity index (χ2n) is 6.82. The molecule has 0 aliphatic carbocycles. The Morgan fingerprint density at radius 1 is 1.10 bits per heavy atom. The molecule has 0 saturated heterocycles. The molecule has 4 N–H and O–H groups in total. The normalized spacial score (nSPS) is 12.8. The molecular weight excluding hydrogens is 412 g/mol. The van der Waals surface area contributed by atoms with Crippen LogP contribution in [-0.4, -0.2) is 52.6 Å². The molecule has 0 saturated carbocycles. The molecule has 168 valence electrons. The molecule has 2 amide bonds. The van der Waals surface area contributed by atoms with Gasteiger partial charge in [0, 0.05) is 19.2 Å². The van der Waals surface area contributed by atoms with Gasteiger partial charge in [0.1, 0.15) is 18.2 Å². The Balaban J connectivity index is 2.09. The van der Waals surface area contributed by atoms with Gasteiger partial charge in [-0.2, -0.15) is 0 Å². The summed E-state index contributed by atoms with van der Waals surface area (Å²) in [6.07, 6.45) is -3.53. The fraction of sp³-hybridized carbons (Fsp3) is 0.333. The third kappa shape index (κ3) is 8.57. The highest BCUT2D eigenvalue weighted by molar-refractivity contribution is 5.67. The number of hydrogen-bond donors (Lipinski definition) is 4. The maximum Gasteiger partial charge on any atom is 0.419 e. The van der Waals surface area contributed by atoms with Gasteiger partial charge >= 0.3 is 12.2 Å². The number of hydrazine groups is 1. The number of amides is 2. The first-order valence-corrected chi connectivity index (χ1v) is 9.61. The highest BCUT2D eigenvalue weighted by atomic mass is 19.1. The van der Waals surface area contributed by atoms with Gasteiger partial charge in [0.05, 0.1) is 12.1 Å². The first-order valence-electron chi connectivity index (χ1n) is 9.61. The number of carbonyl (C=O) groups is 2. The minimum atomic E-state index is -1.31. The van der Waals surface area contributed by atoms with Crippen molar-refractivity contribution in [2.45, 2.75) is 32.1 Å². The number of rotatable bonds is 10. The molecule has 8 nitrogen and oxygen atoms in total. The smallest absolute Gasteiger partial charge is 0.419 e. The van der Waals surface area contributed by atoms with E-state index in [1.165, 1.54) is 5.01 Å². The third-order valence-corrected chi connectivity index (χ3v) is 4.40. The van der Waals surface area contributed by atoms with E-state index < -0.39 is 36.0 Å². The number of ether oxygens (including phenoxy) is 1. The Bertz CT molecular complexity index is 849. The van der Waals surface area contributed by atoms with Crippen molar-refractivity contribution in [3.05, 3.63) is 71.3 Å². The summed E-state index contributed by atoms with van der Waals surface area (Å²) in [5.41, 5.74) is 3.09. The zero-order valence-corrected chi connectivity index (χ0v) is 16.9. The summed E-state index contributed by atoms with van der Waals surface area (Å²) in [6, 6.07) is 10.8. The summed E-state index contributed by atoms with van der Waals surface area (Å²) < 4.78 is 32.3. The second-order valence-corrected chi connectivity index (χ2v) is 6.82. The van der Waals surface area contributed by atoms with Crippen molar-refractivity contribution in [3.8, 4) is 0 Å². The minimum Gasteiger partial charge on any atom is -0.464 e. The van der Waals surface area contributed by atoms with Crippen molar-refractivity contribution in [3.63, 3.8) is 0 Å². The van der Waals surface area contributed by atoms with Crippen molar-refractivity contribution in [1.82, 2.24) is 15.8 Å². The molecule has 0 spiro atoms. The van der Waals surface area contributed by atoms with Gasteiger partial charge in [0.2, 0.25) is 0 Å². The fourth-order valence-corrected chi connectivity index (χ4v) is 2.92. The highest BCUT2D eigenvalue weighted by Gasteiger charge is 2.25. The van der Waals surface area contributed by atoms with Crippen LogP contribution in [0.3, 0.4) is 0 Å². The lowest BCUT2D eigenvalue weighted by atomic mass is 10.0. The number of halogens is 2. The lowest BCUT2D eigenvalue weighted by Gasteiger charge is -2.28. The van der Waals surface area contributed by atoms with E-state index in [9.17, 15) is 23.5 Å². The summed E-state index contributed by atoms with van der Waals surface area (Å²) >= 11 is 0. The van der Waals surface area contributed by atoms with Crippen LogP contribution in [0.2, 0.25) is 0 Å². The summed E-state index contributed by atoms with van der Waals surface area (Å²) in [5, 5.41) is 23.2. The molecule has 2 rings (SSSR count). The van der Waals surface area contributed by atoms with Crippen molar-refractivity contribution in [1.29, 1.82) is 0 Å². The fourth-order valence-electron chi connectivity index (χ4n) is 2.92. The molecule has 2 atom stereocenters. The molecular formula is C21H25F2N3O5. The van der Waals surface area contributed by atoms with Gasteiger partial charge in [-0.25, -0.2) is 23.4 Å². The SMILES string of the molecule is CCN(C[C@H](O)[C@H](Cc1cc(F)cc(F)c1)NC(=O)OCc1ccccc1)NC(=O)O. The van der Waals surface area contributed by atoms with Crippen LogP contribution in [0, 0.1) is 11.6 Å². The zero-order chi connectivity index (χ0) is 22.8. The Morgan fingerprint density at radius 2 is 1.74 bits per heavy atom. The Morgan fingerprint density at radius 3 is 2.32 bits per heavy atom. The van der Waals surface area contributed by atoms with Crippen LogP contribution in [0.15, 0.2) is 48.5 Å². The van der Waals surface area contributed by atoms with Crippen molar-refractivity contribution in [2.24, 2.45) is 0 Å². The third-order valence-electron chi connectivity index (χ3n) is 4.40. The van der Waals surface area contributed by atoms with Gasteiger partial charge in [-0.15, -0.1) is 0 Å². The van der Waals surface area contributed by atoms with Crippen LogP contribution in [0.25, 0.3) is 0 Å². The van der Waals surface area contributed by atoms with Gasteiger partial charge in [-0.3, -0.25) is 5.43 Å². The molecule has 0 fully saturated rings. The number of aliphatic hydroxyl groups excluding tert-OH is 1. The Labute approximate surface area is 178 Å². The van der Waals surface area contributed by atoms with E-state index in [2.05, 4.69) is 10.7 Å². The van der Waals surface area contributed by atoms with E-state index >= 15 is 0 Å². The molecule has 0 radical (unpaired) electrons. The maximum absolute atomic E-state index is 13.6. The molecule has 0 bridgehead atoms. The van der Waals surface area contributed by atoms with E-state index in [4.69, 9.17) is 9.84 Å². The summed E-state index contributed by atoms with van der Waals surface area (Å²) in [7, 11) is 0. The second kappa shape index (κ2) is 11.8. The molecule has 0 aromatic heterocycles. The summed E-state index contributed by atoms with van der Waals surface area (Å²) in [5.74, 6) is -1.59. The van der Waals surface area contributed by atoms with Crippen LogP contribution in [0.4, 0.5) is 18.4 Å². The molecule has 2 aromatic carbocycles. The predicted octanol–water partition coefficient (Wildman–Crippen LogP) is 2.67. The highest BCUT2D eigenvalue weighted by Crippen LogP contribution is 2.13. The van der Waals surface area contributed by atoms with E-state index in [0.717, 1.165) is 17.7 Å². The topological polar surface area (TPSA) is 111 Å². The number of likely N-dealkylation sites (N-methyl/N-ethyl adjacent to an activating group) is 1. The van der Waals surface area contributed by atoms with E-state index in [-0.39, 0.29) is 31.7 Å². The van der Waals surface area contributed by atoms with Gasteiger partial charge in [0.15, 0.2) is 0 Å². The van der Waals surface area contributed by atoms with E-state index in [1.54, 1.807) is 31.2 Å². The Kier molecular flexibility index (Phi) is 9.16. The average Bonchev–Trinajstić information content (AvgIpc) is 2.71. The maximum atomic E-state index is 13.6. The largest absolute Gasteiger partial charge is 0.464 e. The molecule has 31 heavy (non-hydrogen) atoms. The molecule has 0 heterocycles. The lowest BCUT2D eigenvalue weighted by molar-refractivity contribution is 0.0537. The Hall–Kier alpha value is -3.24. The van der Waals surface area contributed by atoms with E-state index in [1.807, 2.05) is 6.07 Å². The number of carbonyl (C=O) groups excluding carboxylic acids is 1. The quantitative estimate of drug-likeness (QED) is 0.426. The molecule has 0 unspecified atom stereocenters. The first-order chi connectivity index (χ1) is 14.8. The monoisotopic (exact) mass is 437 g/mol. The molecule has 0 aliphatic rings. The van der Waals surface area contributed by atoms with Crippen molar-refractivity contribution in [2.75, 3.05) is 13.1 Å². The van der Waals surface area contributed by atoms with E-state index in [0.29, 0.717) is 6.07 Å². The van der Waals surface area contributed by atoms with Crippen LogP contribution in [0.5, 0.6) is 0 Å². The first kappa shape index (κ1) is 24.0. The summed E-state index contributed by atoms with van der Waals surface area (Å²) in [6.45, 7) is 1.72. The molecule has 0 aliphatic heterocycles. The minimum absolute atomic E-state index is 0.00820. The van der Waals surface area contributed by atoms with Crippen LogP contribution < -0.4 is 10.7 Å². The zero-order valence-electron chi connectivity index (χ0n) is 16.9. The lowest BCUT2D eigenvalue weighted by Crippen LogP contribution is -2.53. The molecule has 2 aromatic rings. The van der Waals surface area contributed by atoms with Crippen LogP contribution in [-0.2, 0) is 17.8 Å². The van der Waals surface area contributed by atoms with Crippen LogP contribution in [0.1, 0.15) is 18.1 Å².